The van der Waals surface area contributed by atoms with E-state index >= 15 is 0 Å². The van der Waals surface area contributed by atoms with Gasteiger partial charge in [0.2, 0.25) is 5.91 Å². The molecule has 31 heavy (non-hydrogen) atoms. The fraction of sp³-hybridized carbons (Fsp3) is 0.450. The van der Waals surface area contributed by atoms with Crippen molar-refractivity contribution >= 4 is 44.8 Å². The van der Waals surface area contributed by atoms with E-state index < -0.39 is 15.8 Å². The lowest BCUT2D eigenvalue weighted by Gasteiger charge is -2.28. The Bertz CT molecular complexity index is 1060. The summed E-state index contributed by atoms with van der Waals surface area (Å²) in [5.41, 5.74) is 0.604. The van der Waals surface area contributed by atoms with Gasteiger partial charge < -0.3 is 5.32 Å². The quantitative estimate of drug-likeness (QED) is 0.572. The molecule has 2 aromatic rings. The second-order valence-electron chi connectivity index (χ2n) is 7.74. The van der Waals surface area contributed by atoms with Gasteiger partial charge in [0.15, 0.2) is 15.7 Å². The molecule has 1 aromatic heterocycles. The van der Waals surface area contributed by atoms with E-state index in [1.807, 2.05) is 0 Å². The average molecular weight is 485 g/mol. The van der Waals surface area contributed by atoms with Crippen LogP contribution in [0.3, 0.4) is 0 Å². The summed E-state index contributed by atoms with van der Waals surface area (Å²) in [5.74, 6) is -0.421. The molecule has 1 aromatic carbocycles. The van der Waals surface area contributed by atoms with E-state index in [1.165, 1.54) is 24.5 Å². The van der Waals surface area contributed by atoms with Gasteiger partial charge in [-0.3, -0.25) is 4.79 Å². The van der Waals surface area contributed by atoms with Crippen LogP contribution in [0.25, 0.3) is 0 Å². The standard InChI is InChI=1S/C20H22Cl2N4O4S/c1-31(29,30)17-7-4-13(9-16(17)21)15(8-12-2-5-14(26-28)6-3-12)20(27)25-19-11-23-18(22)10-24-19/h4,7,9-12,14-15H,2-3,5-6,8H2,1H3,(H,24,25,27). The molecule has 8 nitrogen and oxygen atoms in total. The second kappa shape index (κ2) is 10.0. The van der Waals surface area contributed by atoms with Crippen molar-refractivity contribution in [1.82, 2.24) is 9.97 Å². The number of carbonyl (C=O) groups is 1. The highest BCUT2D eigenvalue weighted by Crippen LogP contribution is 2.36. The first-order valence-corrected chi connectivity index (χ1v) is 12.4. The predicted octanol–water partition coefficient (Wildman–Crippen LogP) is 4.62. The molecule has 0 radical (unpaired) electrons. The highest BCUT2D eigenvalue weighted by Gasteiger charge is 2.29. The van der Waals surface area contributed by atoms with Crippen molar-refractivity contribution < 1.29 is 13.2 Å². The first kappa shape index (κ1) is 23.6. The number of aromatic nitrogens is 2. The molecule has 1 atom stereocenters. The third-order valence-corrected chi connectivity index (χ3v) is 7.26. The van der Waals surface area contributed by atoms with Crippen LogP contribution < -0.4 is 5.32 Å². The molecule has 1 aliphatic rings. The summed E-state index contributed by atoms with van der Waals surface area (Å²) in [6, 6.07) is 4.38. The molecule has 1 amide bonds. The molecule has 1 unspecified atom stereocenters. The number of halogens is 2. The van der Waals surface area contributed by atoms with Gasteiger partial charge in [0, 0.05) is 6.26 Å². The number of benzene rings is 1. The fourth-order valence-corrected chi connectivity index (χ4v) is 5.27. The van der Waals surface area contributed by atoms with Gasteiger partial charge in [0.05, 0.1) is 34.3 Å². The smallest absolute Gasteiger partial charge is 0.233 e. The summed E-state index contributed by atoms with van der Waals surface area (Å²) in [5, 5.41) is 6.15. The zero-order valence-corrected chi connectivity index (χ0v) is 19.1. The zero-order valence-electron chi connectivity index (χ0n) is 16.8. The van der Waals surface area contributed by atoms with Crippen molar-refractivity contribution in [3.8, 4) is 0 Å². The van der Waals surface area contributed by atoms with Crippen molar-refractivity contribution in [3.05, 3.63) is 51.2 Å². The van der Waals surface area contributed by atoms with Crippen LogP contribution in [-0.4, -0.2) is 36.6 Å². The molecule has 166 valence electrons. The Kier molecular flexibility index (Phi) is 7.61. The van der Waals surface area contributed by atoms with Gasteiger partial charge >= 0.3 is 0 Å². The van der Waals surface area contributed by atoms with E-state index in [2.05, 4.69) is 20.5 Å². The monoisotopic (exact) mass is 484 g/mol. The summed E-state index contributed by atoms with van der Waals surface area (Å²) in [6.07, 6.45) is 7.25. The predicted molar refractivity (Wildman–Crippen MR) is 119 cm³/mol. The third kappa shape index (κ3) is 6.21. The van der Waals surface area contributed by atoms with Crippen molar-refractivity contribution in [2.24, 2.45) is 11.1 Å². The lowest BCUT2D eigenvalue weighted by molar-refractivity contribution is -0.118. The minimum atomic E-state index is -3.49. The van der Waals surface area contributed by atoms with E-state index in [9.17, 15) is 18.1 Å². The van der Waals surface area contributed by atoms with Crippen LogP contribution in [0, 0.1) is 10.8 Å². The highest BCUT2D eigenvalue weighted by atomic mass is 35.5. The summed E-state index contributed by atoms with van der Waals surface area (Å²) >= 11 is 12.0. The molecule has 0 spiro atoms. The second-order valence-corrected chi connectivity index (χ2v) is 10.5. The van der Waals surface area contributed by atoms with E-state index in [0.29, 0.717) is 24.8 Å². The molecule has 1 aliphatic carbocycles. The maximum atomic E-state index is 13.1. The molecule has 1 heterocycles. The molecule has 11 heteroatoms. The number of nitrogens with zero attached hydrogens (tertiary/aromatic N) is 3. The van der Waals surface area contributed by atoms with Gasteiger partial charge in [-0.25, -0.2) is 18.4 Å². The number of hydrogen-bond donors (Lipinski definition) is 1. The van der Waals surface area contributed by atoms with E-state index in [1.54, 1.807) is 6.07 Å². The highest BCUT2D eigenvalue weighted by molar-refractivity contribution is 7.90. The lowest BCUT2D eigenvalue weighted by Crippen LogP contribution is -2.26. The Morgan fingerprint density at radius 2 is 1.90 bits per heavy atom. The van der Waals surface area contributed by atoms with Crippen LogP contribution in [0.4, 0.5) is 5.82 Å². The Hall–Kier alpha value is -2.10. The zero-order chi connectivity index (χ0) is 22.6. The first-order valence-electron chi connectivity index (χ1n) is 9.77. The maximum absolute atomic E-state index is 13.1. The van der Waals surface area contributed by atoms with Crippen molar-refractivity contribution in [3.63, 3.8) is 0 Å². The molecular formula is C20H22Cl2N4O4S. The number of hydrogen-bond acceptors (Lipinski definition) is 7. The number of anilines is 1. The molecular weight excluding hydrogens is 463 g/mol. The van der Waals surface area contributed by atoms with Gasteiger partial charge in [0.1, 0.15) is 5.15 Å². The molecule has 1 N–H and O–H groups in total. The van der Waals surface area contributed by atoms with Crippen molar-refractivity contribution in [2.75, 3.05) is 11.6 Å². The summed E-state index contributed by atoms with van der Waals surface area (Å²) in [4.78, 5) is 31.9. The van der Waals surface area contributed by atoms with Gasteiger partial charge in [-0.15, -0.1) is 0 Å². The van der Waals surface area contributed by atoms with Crippen LogP contribution in [0.5, 0.6) is 0 Å². The average Bonchev–Trinajstić information content (AvgIpc) is 2.73. The lowest BCUT2D eigenvalue weighted by atomic mass is 9.79. The fourth-order valence-electron chi connectivity index (χ4n) is 3.84. The van der Waals surface area contributed by atoms with Gasteiger partial charge in [-0.2, -0.15) is 4.91 Å². The van der Waals surface area contributed by atoms with E-state index in [-0.39, 0.29) is 38.8 Å². The number of nitrogens with one attached hydrogen (secondary N) is 1. The number of nitroso groups, excluding NO2 is 1. The Labute approximate surface area is 190 Å². The number of carbonyl (C=O) groups excluding carboxylic acids is 1. The maximum Gasteiger partial charge on any atom is 0.233 e. The number of amides is 1. The first-order chi connectivity index (χ1) is 14.7. The Morgan fingerprint density at radius 1 is 1.19 bits per heavy atom. The largest absolute Gasteiger partial charge is 0.309 e. The molecule has 0 aliphatic heterocycles. The van der Waals surface area contributed by atoms with Crippen molar-refractivity contribution in [2.45, 2.75) is 49.0 Å². The number of sulfone groups is 1. The van der Waals surface area contributed by atoms with E-state index in [4.69, 9.17) is 23.2 Å². The van der Waals surface area contributed by atoms with Gasteiger partial charge in [-0.05, 0) is 55.7 Å². The SMILES string of the molecule is CS(=O)(=O)c1ccc(C(CC2CCC(N=O)CC2)C(=O)Nc2cnc(Cl)cn2)cc1Cl. The van der Waals surface area contributed by atoms with Crippen LogP contribution in [-0.2, 0) is 14.6 Å². The Morgan fingerprint density at radius 3 is 2.45 bits per heavy atom. The van der Waals surface area contributed by atoms with Gasteiger partial charge in [0.25, 0.3) is 0 Å². The Balaban J connectivity index is 1.86. The number of rotatable bonds is 7. The molecule has 0 saturated heterocycles. The summed E-state index contributed by atoms with van der Waals surface area (Å²) < 4.78 is 23.8. The summed E-state index contributed by atoms with van der Waals surface area (Å²) in [7, 11) is -3.49. The minimum Gasteiger partial charge on any atom is -0.309 e. The third-order valence-electron chi connectivity index (χ3n) is 5.48. The van der Waals surface area contributed by atoms with Crippen LogP contribution in [0.2, 0.25) is 10.2 Å². The van der Waals surface area contributed by atoms with Gasteiger partial charge in [-0.1, -0.05) is 34.4 Å². The normalized spacial score (nSPS) is 20.1. The molecule has 0 bridgehead atoms. The van der Waals surface area contributed by atoms with Crippen LogP contribution in [0.15, 0.2) is 40.7 Å². The minimum absolute atomic E-state index is 0.0122. The van der Waals surface area contributed by atoms with Crippen LogP contribution in [0.1, 0.15) is 43.6 Å². The molecule has 1 fully saturated rings. The van der Waals surface area contributed by atoms with Crippen molar-refractivity contribution in [1.29, 1.82) is 0 Å². The topological polar surface area (TPSA) is 118 Å². The van der Waals surface area contributed by atoms with Crippen LogP contribution >= 0.6 is 23.2 Å². The molecule has 3 rings (SSSR count). The van der Waals surface area contributed by atoms with E-state index in [0.717, 1.165) is 19.1 Å². The summed E-state index contributed by atoms with van der Waals surface area (Å²) in [6.45, 7) is 0. The molecule has 1 saturated carbocycles.